The van der Waals surface area contributed by atoms with Gasteiger partial charge in [-0.2, -0.15) is 0 Å². The number of aromatic nitrogens is 1. The van der Waals surface area contributed by atoms with Gasteiger partial charge in [-0.05, 0) is 31.2 Å². The fourth-order valence-electron chi connectivity index (χ4n) is 3.26. The number of aryl methyl sites for hydroxylation is 1. The van der Waals surface area contributed by atoms with Crippen molar-refractivity contribution in [3.63, 3.8) is 0 Å². The lowest BCUT2D eigenvalue weighted by Gasteiger charge is -2.36. The van der Waals surface area contributed by atoms with Gasteiger partial charge in [-0.15, -0.1) is 11.3 Å². The van der Waals surface area contributed by atoms with Crippen LogP contribution in [-0.4, -0.2) is 42.0 Å². The predicted octanol–water partition coefficient (Wildman–Crippen LogP) is 4.22. The molecule has 4 nitrogen and oxygen atoms in total. The number of nitrogens with zero attached hydrogens (tertiary/aromatic N) is 3. The molecule has 6 heteroatoms. The number of rotatable bonds is 3. The lowest BCUT2D eigenvalue weighted by atomic mass is 10.2. The van der Waals surface area contributed by atoms with Gasteiger partial charge < -0.3 is 9.80 Å². The third kappa shape index (κ3) is 3.71. The van der Waals surface area contributed by atoms with E-state index in [1.54, 1.807) is 12.1 Å². The molecule has 3 aromatic rings. The summed E-state index contributed by atoms with van der Waals surface area (Å²) in [6, 6.07) is 16.4. The summed E-state index contributed by atoms with van der Waals surface area (Å²) in [7, 11) is 0. The molecule has 0 aliphatic carbocycles. The topological polar surface area (TPSA) is 36.4 Å². The Hall–Kier alpha value is -2.73. The fourth-order valence-corrected chi connectivity index (χ4v) is 4.30. The Labute approximate surface area is 161 Å². The zero-order valence-electron chi connectivity index (χ0n) is 15.1. The van der Waals surface area contributed by atoms with E-state index in [1.165, 1.54) is 23.5 Å². The summed E-state index contributed by atoms with van der Waals surface area (Å²) in [6.07, 6.45) is 0. The van der Waals surface area contributed by atoms with Crippen molar-refractivity contribution in [1.29, 1.82) is 0 Å². The van der Waals surface area contributed by atoms with Crippen LogP contribution in [0.4, 0.5) is 10.1 Å². The molecule has 1 aromatic heterocycles. The standard InChI is InChI=1S/C21H20FN3OS/c1-15-19(27-20(23-15)16-5-3-2-4-6-16)21(26)25-13-11-24(12-14-25)18-9-7-17(22)8-10-18/h2-10H,11-14H2,1H3. The summed E-state index contributed by atoms with van der Waals surface area (Å²) in [5.41, 5.74) is 2.81. The minimum atomic E-state index is -0.234. The molecule has 0 saturated carbocycles. The lowest BCUT2D eigenvalue weighted by Crippen LogP contribution is -2.48. The van der Waals surface area contributed by atoms with Crippen LogP contribution >= 0.6 is 11.3 Å². The van der Waals surface area contributed by atoms with E-state index < -0.39 is 0 Å². The molecular formula is C21H20FN3OS. The molecule has 0 N–H and O–H groups in total. The average Bonchev–Trinajstić information content (AvgIpc) is 3.10. The summed E-state index contributed by atoms with van der Waals surface area (Å²) in [4.78, 5) is 22.3. The number of anilines is 1. The number of piperazine rings is 1. The third-order valence-electron chi connectivity index (χ3n) is 4.77. The first-order valence-corrected chi connectivity index (χ1v) is 9.76. The van der Waals surface area contributed by atoms with Crippen molar-refractivity contribution in [3.8, 4) is 10.6 Å². The van der Waals surface area contributed by atoms with E-state index in [0.717, 1.165) is 35.0 Å². The molecule has 1 aliphatic rings. The second-order valence-corrected chi connectivity index (χ2v) is 7.55. The van der Waals surface area contributed by atoms with Crippen LogP contribution in [0.5, 0.6) is 0 Å². The Balaban J connectivity index is 1.45. The molecular weight excluding hydrogens is 361 g/mol. The largest absolute Gasteiger partial charge is 0.368 e. The van der Waals surface area contributed by atoms with Gasteiger partial charge in [-0.3, -0.25) is 4.79 Å². The van der Waals surface area contributed by atoms with Gasteiger partial charge in [-0.25, -0.2) is 9.37 Å². The van der Waals surface area contributed by atoms with Gasteiger partial charge in [-0.1, -0.05) is 30.3 Å². The molecule has 138 valence electrons. The van der Waals surface area contributed by atoms with Gasteiger partial charge in [0.1, 0.15) is 15.7 Å². The fraction of sp³-hybridized carbons (Fsp3) is 0.238. The Morgan fingerprint density at radius 1 is 1.00 bits per heavy atom. The van der Waals surface area contributed by atoms with Crippen LogP contribution in [0.3, 0.4) is 0 Å². The van der Waals surface area contributed by atoms with Crippen molar-refractivity contribution in [3.05, 3.63) is 71.0 Å². The Bertz CT molecular complexity index is 932. The van der Waals surface area contributed by atoms with Crippen LogP contribution in [0.2, 0.25) is 0 Å². The lowest BCUT2D eigenvalue weighted by molar-refractivity contribution is 0.0750. The van der Waals surface area contributed by atoms with E-state index >= 15 is 0 Å². The number of thiazole rings is 1. The van der Waals surface area contributed by atoms with E-state index in [1.807, 2.05) is 42.2 Å². The van der Waals surface area contributed by atoms with E-state index in [2.05, 4.69) is 9.88 Å². The summed E-state index contributed by atoms with van der Waals surface area (Å²) in [5.74, 6) is -0.187. The number of hydrogen-bond acceptors (Lipinski definition) is 4. The van der Waals surface area contributed by atoms with Crippen LogP contribution in [0.25, 0.3) is 10.6 Å². The molecule has 4 rings (SSSR count). The zero-order chi connectivity index (χ0) is 18.8. The van der Waals surface area contributed by atoms with E-state index in [-0.39, 0.29) is 11.7 Å². The highest BCUT2D eigenvalue weighted by molar-refractivity contribution is 7.17. The molecule has 0 atom stereocenters. The minimum absolute atomic E-state index is 0.0472. The van der Waals surface area contributed by atoms with E-state index in [4.69, 9.17) is 0 Å². The second-order valence-electron chi connectivity index (χ2n) is 6.56. The maximum absolute atomic E-state index is 13.1. The number of amides is 1. The van der Waals surface area contributed by atoms with Gasteiger partial charge in [0.05, 0.1) is 5.69 Å². The summed E-state index contributed by atoms with van der Waals surface area (Å²) >= 11 is 1.46. The number of benzene rings is 2. The maximum Gasteiger partial charge on any atom is 0.265 e. The minimum Gasteiger partial charge on any atom is -0.368 e. The van der Waals surface area contributed by atoms with E-state index in [0.29, 0.717) is 18.0 Å². The van der Waals surface area contributed by atoms with Crippen LogP contribution < -0.4 is 4.90 Å². The van der Waals surface area contributed by atoms with Gasteiger partial charge in [0, 0.05) is 37.4 Å². The van der Waals surface area contributed by atoms with Crippen molar-refractivity contribution < 1.29 is 9.18 Å². The summed E-state index contributed by atoms with van der Waals surface area (Å²) in [5, 5.41) is 0.876. The molecule has 0 unspecified atom stereocenters. The normalized spacial score (nSPS) is 14.4. The highest BCUT2D eigenvalue weighted by atomic mass is 32.1. The molecule has 1 aliphatic heterocycles. The third-order valence-corrected chi connectivity index (χ3v) is 5.96. The molecule has 0 radical (unpaired) electrons. The molecule has 27 heavy (non-hydrogen) atoms. The molecule has 2 heterocycles. The smallest absolute Gasteiger partial charge is 0.265 e. The van der Waals surface area contributed by atoms with E-state index in [9.17, 15) is 9.18 Å². The Morgan fingerprint density at radius 2 is 1.67 bits per heavy atom. The predicted molar refractivity (Wildman–Crippen MR) is 107 cm³/mol. The molecule has 1 fully saturated rings. The van der Waals surface area contributed by atoms with Gasteiger partial charge in [0.2, 0.25) is 0 Å². The van der Waals surface area contributed by atoms with Crippen molar-refractivity contribution in [1.82, 2.24) is 9.88 Å². The highest BCUT2D eigenvalue weighted by Crippen LogP contribution is 2.29. The van der Waals surface area contributed by atoms with Gasteiger partial charge >= 0.3 is 0 Å². The van der Waals surface area contributed by atoms with Crippen molar-refractivity contribution in [2.45, 2.75) is 6.92 Å². The van der Waals surface area contributed by atoms with Crippen LogP contribution in [0.1, 0.15) is 15.4 Å². The first-order chi connectivity index (χ1) is 13.1. The molecule has 0 bridgehead atoms. The van der Waals surface area contributed by atoms with Crippen molar-refractivity contribution in [2.24, 2.45) is 0 Å². The van der Waals surface area contributed by atoms with Crippen molar-refractivity contribution >= 4 is 22.9 Å². The molecule has 2 aromatic carbocycles. The first kappa shape index (κ1) is 17.7. The molecule has 1 saturated heterocycles. The Morgan fingerprint density at radius 3 is 2.33 bits per heavy atom. The summed E-state index contributed by atoms with van der Waals surface area (Å²) < 4.78 is 13.1. The van der Waals surface area contributed by atoms with Crippen LogP contribution in [0, 0.1) is 12.7 Å². The van der Waals surface area contributed by atoms with Crippen molar-refractivity contribution in [2.75, 3.05) is 31.1 Å². The number of carbonyl (C=O) groups excluding carboxylic acids is 1. The number of carbonyl (C=O) groups is 1. The highest BCUT2D eigenvalue weighted by Gasteiger charge is 2.25. The van der Waals surface area contributed by atoms with Crippen LogP contribution in [0.15, 0.2) is 54.6 Å². The zero-order valence-corrected chi connectivity index (χ0v) is 15.9. The first-order valence-electron chi connectivity index (χ1n) is 8.94. The number of hydrogen-bond donors (Lipinski definition) is 0. The maximum atomic E-state index is 13.1. The number of halogens is 1. The quantitative estimate of drug-likeness (QED) is 0.682. The van der Waals surface area contributed by atoms with Gasteiger partial charge in [0.25, 0.3) is 5.91 Å². The summed E-state index contributed by atoms with van der Waals surface area (Å²) in [6.45, 7) is 4.66. The molecule has 0 spiro atoms. The Kier molecular flexibility index (Phi) is 4.90. The monoisotopic (exact) mass is 381 g/mol. The van der Waals surface area contributed by atoms with Crippen LogP contribution in [-0.2, 0) is 0 Å². The average molecular weight is 381 g/mol. The molecule has 1 amide bonds. The second kappa shape index (κ2) is 7.48. The SMILES string of the molecule is Cc1nc(-c2ccccc2)sc1C(=O)N1CCN(c2ccc(F)cc2)CC1. The van der Waals surface area contributed by atoms with Gasteiger partial charge in [0.15, 0.2) is 0 Å².